The summed E-state index contributed by atoms with van der Waals surface area (Å²) >= 11 is 1.62. The number of aliphatic hydroxyl groups excluding tert-OH is 1. The molecule has 530 valence electrons. The first-order valence-electron chi connectivity index (χ1n) is 34.1. The predicted octanol–water partition coefficient (Wildman–Crippen LogP) is 7.45. The van der Waals surface area contributed by atoms with E-state index in [0.717, 1.165) is 50.1 Å². The van der Waals surface area contributed by atoms with E-state index in [1.54, 1.807) is 31.3 Å². The van der Waals surface area contributed by atoms with Gasteiger partial charge < -0.3 is 72.8 Å². The third-order valence-electron chi connectivity index (χ3n) is 20.9. The zero-order valence-electron chi connectivity index (χ0n) is 57.8. The number of aromatic amines is 1. The van der Waals surface area contributed by atoms with Crippen molar-refractivity contribution < 1.29 is 67.2 Å². The number of piperidine rings is 1. The number of hydrogen-bond donors (Lipinski definition) is 5. The first-order chi connectivity index (χ1) is 46.2. The minimum absolute atomic E-state index is 0.114. The molecule has 1 aliphatic carbocycles. The van der Waals surface area contributed by atoms with Gasteiger partial charge in [-0.05, 0) is 118 Å². The maximum absolute atomic E-state index is 15.6. The number of carbonyl (C=O) groups is 2. The van der Waals surface area contributed by atoms with Crippen LogP contribution in [0.2, 0.25) is 19.1 Å². The lowest BCUT2D eigenvalue weighted by molar-refractivity contribution is -0.203. The highest BCUT2D eigenvalue weighted by molar-refractivity contribution is 8.38. The number of nitrogens with one attached hydrogen (secondary N) is 2. The van der Waals surface area contributed by atoms with E-state index in [4.69, 9.17) is 47.9 Å². The van der Waals surface area contributed by atoms with Crippen molar-refractivity contribution in [1.29, 1.82) is 0 Å². The molecule has 2 saturated heterocycles. The molecule has 1 saturated carbocycles. The van der Waals surface area contributed by atoms with Crippen molar-refractivity contribution in [2.24, 2.45) is 16.4 Å². The van der Waals surface area contributed by atoms with Crippen LogP contribution < -0.4 is 15.0 Å². The van der Waals surface area contributed by atoms with E-state index >= 15 is 9.59 Å². The molecular weight excluding hydrogens is 1290 g/mol. The van der Waals surface area contributed by atoms with Crippen molar-refractivity contribution in [2.75, 3.05) is 168 Å². The van der Waals surface area contributed by atoms with Crippen LogP contribution in [0, 0.1) is 11.3 Å². The first kappa shape index (κ1) is 73.8. The van der Waals surface area contributed by atoms with Gasteiger partial charge in [-0.15, -0.1) is 0 Å². The third-order valence-corrected chi connectivity index (χ3v) is 27.9. The molecule has 5 aliphatic heterocycles. The Balaban J connectivity index is 0.750. The van der Waals surface area contributed by atoms with Crippen molar-refractivity contribution in [1.82, 2.24) is 30.1 Å². The van der Waals surface area contributed by atoms with E-state index in [0.29, 0.717) is 186 Å². The van der Waals surface area contributed by atoms with Gasteiger partial charge in [-0.1, -0.05) is 61.1 Å². The molecule has 10 rings (SSSR count). The molecule has 27 heteroatoms. The summed E-state index contributed by atoms with van der Waals surface area (Å²) in [5.74, 6) is -0.0795. The Morgan fingerprint density at radius 3 is 2.23 bits per heavy atom. The summed E-state index contributed by atoms with van der Waals surface area (Å²) in [6.45, 7) is 17.6. The third kappa shape index (κ3) is 15.4. The number of esters is 1. The monoisotopic (exact) mass is 1390 g/mol. The molecule has 7 heterocycles. The van der Waals surface area contributed by atoms with Gasteiger partial charge in [-0.3, -0.25) is 19.4 Å². The normalized spacial score (nSPS) is 27.8. The molecule has 4 aromatic rings. The zero-order valence-corrected chi connectivity index (χ0v) is 60.4. The minimum atomic E-state index is -2.30. The number of likely N-dealkylation sites (N-methyl/N-ethyl adjacent to an activating group) is 1. The number of methoxy groups -OCH3 is 2. The molecule has 3 fully saturated rings. The van der Waals surface area contributed by atoms with Gasteiger partial charge in [0, 0.05) is 125 Å². The Kier molecular flexibility index (Phi) is 24.7. The van der Waals surface area contributed by atoms with E-state index < -0.39 is 69.8 Å². The second-order valence-electron chi connectivity index (χ2n) is 28.0. The number of carbonyl (C=O) groups excluding carboxylic acids is 2. The van der Waals surface area contributed by atoms with E-state index in [9.17, 15) is 15.3 Å². The van der Waals surface area contributed by atoms with E-state index in [1.165, 1.54) is 7.11 Å². The summed E-state index contributed by atoms with van der Waals surface area (Å²) in [4.78, 5) is 53.6. The van der Waals surface area contributed by atoms with Crippen LogP contribution >= 0.6 is 21.8 Å². The number of aromatic nitrogens is 3. The van der Waals surface area contributed by atoms with Crippen molar-refractivity contribution >= 4 is 58.6 Å². The van der Waals surface area contributed by atoms with E-state index in [1.807, 2.05) is 44.0 Å². The van der Waals surface area contributed by atoms with Crippen LogP contribution in [0.3, 0.4) is 0 Å². The Morgan fingerprint density at radius 2 is 1.57 bits per heavy atom. The van der Waals surface area contributed by atoms with Gasteiger partial charge in [0.05, 0.1) is 111 Å². The smallest absolute Gasteiger partial charge is 0.322 e. The zero-order chi connectivity index (χ0) is 68.4. The number of nitrogens with zero attached hydrogens (tertiary/aromatic N) is 8. The fourth-order valence-electron chi connectivity index (χ4n) is 16.5. The summed E-state index contributed by atoms with van der Waals surface area (Å²) in [5, 5.41) is 48.3. The Bertz CT molecular complexity index is 3370. The summed E-state index contributed by atoms with van der Waals surface area (Å²) in [6, 6.07) is 11.9. The number of aliphatic hydroxyl groups is 3. The van der Waals surface area contributed by atoms with Crippen LogP contribution in [0.15, 0.2) is 71.2 Å². The number of azide groups is 1. The average molecular weight is 1390 g/mol. The van der Waals surface area contributed by atoms with Gasteiger partial charge in [-0.2, -0.15) is 0 Å². The lowest BCUT2D eigenvalue weighted by atomic mass is 9.47. The molecule has 5 N–H and O–H groups in total. The molecule has 1 amide bonds. The van der Waals surface area contributed by atoms with Crippen LogP contribution in [0.4, 0.5) is 5.69 Å². The van der Waals surface area contributed by atoms with Crippen LogP contribution in [0.1, 0.15) is 80.3 Å². The number of anilines is 1. The fourth-order valence-corrected chi connectivity index (χ4v) is 22.4. The van der Waals surface area contributed by atoms with Crippen LogP contribution in [-0.2, 0) is 71.0 Å². The van der Waals surface area contributed by atoms with Crippen LogP contribution in [-0.4, -0.2) is 253 Å². The van der Waals surface area contributed by atoms with Crippen LogP contribution in [0.5, 0.6) is 5.75 Å². The molecule has 24 nitrogen and oxygen atoms in total. The van der Waals surface area contributed by atoms with Gasteiger partial charge in [0.1, 0.15) is 17.3 Å². The van der Waals surface area contributed by atoms with Crippen LogP contribution in [0.25, 0.3) is 21.3 Å². The number of rotatable bonds is 36. The second-order valence-corrected chi connectivity index (χ2v) is 37.7. The molecule has 0 radical (unpaired) electrons. The predicted molar refractivity (Wildman–Crippen MR) is 375 cm³/mol. The van der Waals surface area contributed by atoms with Crippen molar-refractivity contribution in [2.45, 2.75) is 130 Å². The van der Waals surface area contributed by atoms with E-state index in [-0.39, 0.29) is 18.5 Å². The van der Waals surface area contributed by atoms with Gasteiger partial charge in [0.25, 0.3) is 5.91 Å². The molecule has 2 aromatic heterocycles. The molecule has 1 spiro atoms. The lowest BCUT2D eigenvalue weighted by Crippen LogP contribution is -2.81. The Labute approximate surface area is 572 Å². The molecule has 2 bridgehead atoms. The summed E-state index contributed by atoms with van der Waals surface area (Å²) in [6.07, 6.45) is 14.5. The SMILES string of the molecule is CC[C@]1(O)C[C@H]2CN(CCc3c([nH]c4ccccc34)[C@@](C(=O)OC)(c3cc4c(cc3OC)N(C)[C@H]3[C@@](O)(C(=O)NCCC[Si](C)(C)OCS(C)(C)CSc5ncc(COCCOCCOCCOCCOCCOCCN=[N+]=[N-])cn5)[C@H](O)[C@]5(CC)C=CCN6CC[C@]43[C@@H]65)C2)C1. The maximum atomic E-state index is 15.6. The van der Waals surface area contributed by atoms with Crippen molar-refractivity contribution in [3.05, 3.63) is 99.3 Å². The number of ether oxygens (including phenoxy) is 8. The Hall–Kier alpha value is -4.91. The summed E-state index contributed by atoms with van der Waals surface area (Å²) in [7, 11) is 1.52. The highest BCUT2D eigenvalue weighted by atomic mass is 32.3. The number of amides is 1. The highest BCUT2D eigenvalue weighted by Gasteiger charge is 2.79. The summed E-state index contributed by atoms with van der Waals surface area (Å²) < 4.78 is 52.6. The van der Waals surface area contributed by atoms with Crippen molar-refractivity contribution in [3.63, 3.8) is 0 Å². The van der Waals surface area contributed by atoms with Gasteiger partial charge >= 0.3 is 5.97 Å². The van der Waals surface area contributed by atoms with Gasteiger partial charge in [0.15, 0.2) is 19.1 Å². The number of hydrogen-bond acceptors (Lipinski definition) is 21. The second kappa shape index (κ2) is 32.2. The van der Waals surface area contributed by atoms with Gasteiger partial charge in [-0.25, -0.2) is 20.0 Å². The number of fused-ring (bicyclic) bond motifs is 6. The summed E-state index contributed by atoms with van der Waals surface area (Å²) in [5.41, 5.74) is 7.49. The topological polar surface area (TPSA) is 290 Å². The number of thioether (sulfide) groups is 1. The molecule has 96 heavy (non-hydrogen) atoms. The van der Waals surface area contributed by atoms with E-state index in [2.05, 4.69) is 96.1 Å². The highest BCUT2D eigenvalue weighted by Crippen LogP contribution is 2.68. The average Bonchev–Trinajstić information content (AvgIpc) is 1.46. The van der Waals surface area contributed by atoms with Crippen molar-refractivity contribution in [3.8, 4) is 5.75 Å². The first-order valence-corrected chi connectivity index (χ1v) is 41.0. The Morgan fingerprint density at radius 1 is 0.896 bits per heavy atom. The largest absolute Gasteiger partial charge is 0.496 e. The van der Waals surface area contributed by atoms with Gasteiger partial charge in [0.2, 0.25) is 0 Å². The number of H-pyrrole nitrogens is 1. The number of para-hydroxylation sites is 1. The minimum Gasteiger partial charge on any atom is -0.496 e. The molecule has 1 unspecified atom stereocenters. The quantitative estimate of drug-likeness (QED) is 0.00340. The fraction of sp³-hybridized carbons (Fsp3) is 0.681. The molecule has 2 aromatic carbocycles. The molecular formula is C69H104N10O14S2Si. The lowest BCUT2D eigenvalue weighted by Gasteiger charge is -2.63. The number of benzene rings is 2. The molecule has 10 atom stereocenters. The molecule has 6 aliphatic rings. The standard InChI is InChI=1S/C69H104N10O14S2Si/c1-10-65(83)40-49-41-68(63(82)86-5,58-52(18-24-78(44-49)46-65)51-16-12-13-17-55(51)75-58)54-38-53-56(39-57(54)85-4)77(3)60-67(53)20-25-79-23-14-19-66(11-2,59(67)79)61(80)69(60,84)62(81)71-21-15-37-96(8,9)93-47-95(6,7)48-94-64-72-42-50(43-73-64)45-92-36-35-91-34-33-90-32-31-89-30-29-88-28-27-87-26-22-74-76-70/h12-14,16-17,19,38-39,42-43,49,59-61,75,80,83-84H,10-11,15,18,20-37,40-41,44-48H2,1-9H3,(H,71,81)/t49-,59+,60-,61-,65+,66-,67-,68+,69+/m1/s1. The maximum Gasteiger partial charge on any atom is 0.322 e.